The maximum Gasteiger partial charge on any atom is 0.193 e. The van der Waals surface area contributed by atoms with Crippen LogP contribution < -0.4 is 0 Å². The van der Waals surface area contributed by atoms with Crippen molar-refractivity contribution in [3.63, 3.8) is 0 Å². The van der Waals surface area contributed by atoms with Gasteiger partial charge in [0.25, 0.3) is 0 Å². The van der Waals surface area contributed by atoms with E-state index < -0.39 is 0 Å². The predicted octanol–water partition coefficient (Wildman–Crippen LogP) is 1.73. The number of phenolic OH excluding ortho intramolecular Hbond substituents is 2. The molecule has 0 fully saturated rings. The van der Waals surface area contributed by atoms with Gasteiger partial charge in [0.1, 0.15) is 11.5 Å². The van der Waals surface area contributed by atoms with Crippen molar-refractivity contribution in [2.75, 3.05) is 0 Å². The van der Waals surface area contributed by atoms with Crippen molar-refractivity contribution >= 4 is 5.78 Å². The molecule has 0 aromatic heterocycles. The van der Waals surface area contributed by atoms with Gasteiger partial charge >= 0.3 is 0 Å². The second kappa shape index (κ2) is 4.10. The number of carbonyl (C=O) groups excluding carboxylic acids is 1. The smallest absolute Gasteiger partial charge is 0.193 e. The third kappa shape index (κ3) is 1.69. The summed E-state index contributed by atoms with van der Waals surface area (Å²) < 4.78 is 0. The first-order valence-electron chi connectivity index (χ1n) is 5.93. The average Bonchev–Trinajstić information content (AvgIpc) is 2.41. The number of rotatable bonds is 1. The van der Waals surface area contributed by atoms with Gasteiger partial charge in [0.05, 0.1) is 6.61 Å². The number of phenols is 2. The first kappa shape index (κ1) is 11.7. The van der Waals surface area contributed by atoms with Crippen LogP contribution in [0.25, 0.3) is 0 Å². The summed E-state index contributed by atoms with van der Waals surface area (Å²) in [5.41, 5.74) is 2.36. The summed E-state index contributed by atoms with van der Waals surface area (Å²) in [6, 6.07) is 7.83. The summed E-state index contributed by atoms with van der Waals surface area (Å²) in [6.45, 7) is -0.235. The zero-order valence-electron chi connectivity index (χ0n) is 10.1. The van der Waals surface area contributed by atoms with Gasteiger partial charge in [0, 0.05) is 28.7 Å². The van der Waals surface area contributed by atoms with Crippen LogP contribution in [0.4, 0.5) is 0 Å². The van der Waals surface area contributed by atoms with E-state index in [1.165, 1.54) is 12.1 Å². The zero-order chi connectivity index (χ0) is 13.6. The van der Waals surface area contributed by atoms with Crippen LogP contribution in [-0.2, 0) is 13.0 Å². The Morgan fingerprint density at radius 1 is 1.00 bits per heavy atom. The van der Waals surface area contributed by atoms with Crippen molar-refractivity contribution in [2.24, 2.45) is 0 Å². The number of hydrogen-bond acceptors (Lipinski definition) is 4. The molecule has 0 atom stereocenters. The molecular formula is C15H12O4. The van der Waals surface area contributed by atoms with E-state index in [1.54, 1.807) is 18.2 Å². The van der Waals surface area contributed by atoms with Crippen LogP contribution in [0.5, 0.6) is 11.5 Å². The summed E-state index contributed by atoms with van der Waals surface area (Å²) in [4.78, 5) is 12.4. The minimum absolute atomic E-state index is 0.0243. The molecule has 1 aliphatic carbocycles. The van der Waals surface area contributed by atoms with Gasteiger partial charge in [0.15, 0.2) is 5.78 Å². The highest BCUT2D eigenvalue weighted by Crippen LogP contribution is 2.36. The zero-order valence-corrected chi connectivity index (χ0v) is 10.1. The van der Waals surface area contributed by atoms with E-state index in [4.69, 9.17) is 5.11 Å². The summed E-state index contributed by atoms with van der Waals surface area (Å²) in [5.74, 6) is -0.205. The van der Waals surface area contributed by atoms with Crippen molar-refractivity contribution in [3.8, 4) is 11.5 Å². The molecule has 0 amide bonds. The first-order valence-corrected chi connectivity index (χ1v) is 5.93. The predicted molar refractivity (Wildman–Crippen MR) is 68.4 cm³/mol. The lowest BCUT2D eigenvalue weighted by atomic mass is 9.83. The van der Waals surface area contributed by atoms with Crippen LogP contribution in [-0.4, -0.2) is 21.1 Å². The normalized spacial score (nSPS) is 13.0. The van der Waals surface area contributed by atoms with Crippen LogP contribution in [0.1, 0.15) is 32.6 Å². The molecule has 0 saturated carbocycles. The molecule has 0 heterocycles. The molecule has 0 aliphatic heterocycles. The Bertz CT molecular complexity index is 689. The van der Waals surface area contributed by atoms with Crippen molar-refractivity contribution in [2.45, 2.75) is 13.0 Å². The number of aliphatic hydroxyl groups is 1. The molecule has 96 valence electrons. The third-order valence-corrected chi connectivity index (χ3v) is 3.46. The average molecular weight is 256 g/mol. The number of carbonyl (C=O) groups is 1. The highest BCUT2D eigenvalue weighted by atomic mass is 16.3. The van der Waals surface area contributed by atoms with Crippen LogP contribution in [0.15, 0.2) is 30.3 Å². The number of aromatic hydroxyl groups is 2. The van der Waals surface area contributed by atoms with Gasteiger partial charge in [-0.2, -0.15) is 0 Å². The summed E-state index contributed by atoms with van der Waals surface area (Å²) in [7, 11) is 0. The fourth-order valence-corrected chi connectivity index (χ4v) is 2.49. The van der Waals surface area contributed by atoms with Gasteiger partial charge in [-0.1, -0.05) is 12.1 Å². The van der Waals surface area contributed by atoms with Crippen molar-refractivity contribution < 1.29 is 20.1 Å². The van der Waals surface area contributed by atoms with Crippen LogP contribution in [0.2, 0.25) is 0 Å². The van der Waals surface area contributed by atoms with Gasteiger partial charge < -0.3 is 15.3 Å². The Morgan fingerprint density at radius 2 is 1.74 bits per heavy atom. The topological polar surface area (TPSA) is 77.8 Å². The highest BCUT2D eigenvalue weighted by molar-refractivity contribution is 6.13. The second-order valence-electron chi connectivity index (χ2n) is 4.61. The lowest BCUT2D eigenvalue weighted by molar-refractivity contribution is 0.103. The number of benzene rings is 2. The highest BCUT2D eigenvalue weighted by Gasteiger charge is 2.27. The fraction of sp³-hybridized carbons (Fsp3) is 0.133. The van der Waals surface area contributed by atoms with Gasteiger partial charge in [-0.15, -0.1) is 0 Å². The third-order valence-electron chi connectivity index (χ3n) is 3.46. The van der Waals surface area contributed by atoms with E-state index in [2.05, 4.69) is 0 Å². The summed E-state index contributed by atoms with van der Waals surface area (Å²) >= 11 is 0. The molecule has 0 radical (unpaired) electrons. The number of fused-ring (bicyclic) bond motifs is 2. The van der Waals surface area contributed by atoms with E-state index in [9.17, 15) is 15.0 Å². The maximum atomic E-state index is 12.4. The van der Waals surface area contributed by atoms with E-state index in [1.807, 2.05) is 0 Å². The maximum absolute atomic E-state index is 12.4. The molecule has 2 aromatic carbocycles. The molecule has 3 rings (SSSR count). The quantitative estimate of drug-likeness (QED) is 0.619. The molecular weight excluding hydrogens is 244 g/mol. The lowest BCUT2D eigenvalue weighted by Crippen LogP contribution is -2.15. The molecule has 4 heteroatoms. The Morgan fingerprint density at radius 3 is 2.47 bits per heavy atom. The lowest BCUT2D eigenvalue weighted by Gasteiger charge is -2.21. The van der Waals surface area contributed by atoms with Crippen LogP contribution >= 0.6 is 0 Å². The number of aliphatic hydroxyl groups excluding tert-OH is 1. The van der Waals surface area contributed by atoms with Gasteiger partial charge in [-0.05, 0) is 23.8 Å². The van der Waals surface area contributed by atoms with Gasteiger partial charge in [-0.25, -0.2) is 0 Å². The summed E-state index contributed by atoms with van der Waals surface area (Å²) in [6.07, 6.45) is 0.306. The Kier molecular flexibility index (Phi) is 2.54. The summed E-state index contributed by atoms with van der Waals surface area (Å²) in [5, 5.41) is 28.9. The van der Waals surface area contributed by atoms with E-state index in [0.717, 1.165) is 0 Å². The Balaban J connectivity index is 2.24. The molecule has 19 heavy (non-hydrogen) atoms. The minimum Gasteiger partial charge on any atom is -0.508 e. The molecule has 1 aliphatic rings. The van der Waals surface area contributed by atoms with Crippen LogP contribution in [0, 0.1) is 0 Å². The number of hydrogen-bond donors (Lipinski definition) is 3. The molecule has 0 bridgehead atoms. The van der Waals surface area contributed by atoms with Crippen molar-refractivity contribution in [1.29, 1.82) is 0 Å². The van der Waals surface area contributed by atoms with Gasteiger partial charge in [0.2, 0.25) is 0 Å². The first-order chi connectivity index (χ1) is 9.11. The van der Waals surface area contributed by atoms with Crippen molar-refractivity contribution in [1.82, 2.24) is 0 Å². The van der Waals surface area contributed by atoms with E-state index in [-0.39, 0.29) is 23.9 Å². The van der Waals surface area contributed by atoms with Crippen molar-refractivity contribution in [3.05, 3.63) is 58.1 Å². The molecule has 0 spiro atoms. The molecule has 3 N–H and O–H groups in total. The fourth-order valence-electron chi connectivity index (χ4n) is 2.49. The van der Waals surface area contributed by atoms with E-state index in [0.29, 0.717) is 34.2 Å². The number of ketones is 1. The standard InChI is InChI=1S/C15H12O4/c16-7-8-4-12-11(14(18)5-8)6-10-9(15(12)19)2-1-3-13(10)17/h1-5,16-18H,6-7H2. The SMILES string of the molecule is O=C1c2cccc(O)c2Cc2c(O)cc(CO)cc21. The molecule has 2 aromatic rings. The van der Waals surface area contributed by atoms with Crippen LogP contribution in [0.3, 0.4) is 0 Å². The Labute approximate surface area is 109 Å². The molecule has 0 unspecified atom stereocenters. The second-order valence-corrected chi connectivity index (χ2v) is 4.61. The van der Waals surface area contributed by atoms with Gasteiger partial charge in [-0.3, -0.25) is 4.79 Å². The largest absolute Gasteiger partial charge is 0.508 e. The molecule has 4 nitrogen and oxygen atoms in total. The minimum atomic E-state index is -0.238. The Hall–Kier alpha value is -2.33. The molecule has 0 saturated heterocycles. The van der Waals surface area contributed by atoms with E-state index >= 15 is 0 Å². The monoisotopic (exact) mass is 256 g/mol.